The Bertz CT molecular complexity index is 308. The topological polar surface area (TPSA) is 37.8 Å². The van der Waals surface area contributed by atoms with Gasteiger partial charge in [0.05, 0.1) is 0 Å². The van der Waals surface area contributed by atoms with Gasteiger partial charge in [0.25, 0.3) is 0 Å². The Morgan fingerprint density at radius 3 is 2.88 bits per heavy atom. The standard InChI is InChI=1S/C11H19N3S2/c1-2-8-15-11-14-13-10(16-11)12-9-6-4-3-5-7-9/h9H,2-8H2,1H3,(H,12,13). The van der Waals surface area contributed by atoms with Crippen LogP contribution in [0.3, 0.4) is 0 Å². The highest BCUT2D eigenvalue weighted by Gasteiger charge is 2.14. The lowest BCUT2D eigenvalue weighted by Gasteiger charge is -2.21. The quantitative estimate of drug-likeness (QED) is 0.815. The van der Waals surface area contributed by atoms with E-state index < -0.39 is 0 Å². The molecule has 0 aliphatic heterocycles. The number of anilines is 1. The molecule has 1 N–H and O–H groups in total. The van der Waals surface area contributed by atoms with Crippen molar-refractivity contribution in [3.05, 3.63) is 0 Å². The predicted molar refractivity (Wildman–Crippen MR) is 71.4 cm³/mol. The van der Waals surface area contributed by atoms with E-state index in [0.29, 0.717) is 6.04 Å². The fourth-order valence-corrected chi connectivity index (χ4v) is 3.69. The molecule has 1 aromatic rings. The van der Waals surface area contributed by atoms with Gasteiger partial charge < -0.3 is 5.32 Å². The first-order valence-electron chi connectivity index (χ1n) is 6.11. The van der Waals surface area contributed by atoms with E-state index in [1.165, 1.54) is 38.5 Å². The second-order valence-electron chi connectivity index (χ2n) is 4.20. The summed E-state index contributed by atoms with van der Waals surface area (Å²) in [5.41, 5.74) is 0. The maximum absolute atomic E-state index is 4.20. The number of rotatable bonds is 5. The Kier molecular flexibility index (Phi) is 4.91. The number of aromatic nitrogens is 2. The van der Waals surface area contributed by atoms with Crippen molar-refractivity contribution in [2.45, 2.75) is 55.8 Å². The Hall–Kier alpha value is -0.290. The van der Waals surface area contributed by atoms with Gasteiger partial charge in [0, 0.05) is 11.8 Å². The molecular formula is C11H19N3S2. The van der Waals surface area contributed by atoms with Gasteiger partial charge in [-0.05, 0) is 19.3 Å². The zero-order valence-corrected chi connectivity index (χ0v) is 11.4. The summed E-state index contributed by atoms with van der Waals surface area (Å²) < 4.78 is 1.10. The van der Waals surface area contributed by atoms with Crippen LogP contribution >= 0.6 is 23.1 Å². The highest BCUT2D eigenvalue weighted by molar-refractivity contribution is 8.01. The Labute approximate surface area is 105 Å². The molecule has 1 aliphatic rings. The minimum atomic E-state index is 0.630. The highest BCUT2D eigenvalue weighted by Crippen LogP contribution is 2.28. The van der Waals surface area contributed by atoms with Crippen molar-refractivity contribution >= 4 is 28.2 Å². The van der Waals surface area contributed by atoms with Gasteiger partial charge in [0.15, 0.2) is 4.34 Å². The molecule has 16 heavy (non-hydrogen) atoms. The molecule has 0 spiro atoms. The minimum absolute atomic E-state index is 0.630. The summed E-state index contributed by atoms with van der Waals surface area (Å²) >= 11 is 3.50. The van der Waals surface area contributed by atoms with E-state index in [1.807, 2.05) is 11.8 Å². The zero-order chi connectivity index (χ0) is 11.2. The average molecular weight is 257 g/mol. The summed E-state index contributed by atoms with van der Waals surface area (Å²) in [6.45, 7) is 2.19. The number of thioether (sulfide) groups is 1. The van der Waals surface area contributed by atoms with E-state index in [4.69, 9.17) is 0 Å². The molecule has 0 unspecified atom stereocenters. The van der Waals surface area contributed by atoms with Crippen LogP contribution in [-0.4, -0.2) is 22.0 Å². The molecule has 0 saturated heterocycles. The van der Waals surface area contributed by atoms with Crippen LogP contribution in [0.1, 0.15) is 45.4 Å². The van der Waals surface area contributed by atoms with Crippen molar-refractivity contribution in [1.29, 1.82) is 0 Å². The Balaban J connectivity index is 1.81. The first-order valence-corrected chi connectivity index (χ1v) is 7.91. The third-order valence-electron chi connectivity index (χ3n) is 2.77. The summed E-state index contributed by atoms with van der Waals surface area (Å²) in [5.74, 6) is 1.14. The first kappa shape index (κ1) is 12.2. The van der Waals surface area contributed by atoms with E-state index in [2.05, 4.69) is 22.4 Å². The summed E-state index contributed by atoms with van der Waals surface area (Å²) in [4.78, 5) is 0. The molecule has 1 aliphatic carbocycles. The second-order valence-corrected chi connectivity index (χ2v) is 6.52. The van der Waals surface area contributed by atoms with Crippen LogP contribution in [0.5, 0.6) is 0 Å². The van der Waals surface area contributed by atoms with Gasteiger partial charge in [-0.15, -0.1) is 10.2 Å². The second kappa shape index (κ2) is 6.45. The van der Waals surface area contributed by atoms with Crippen molar-refractivity contribution < 1.29 is 0 Å². The lowest BCUT2D eigenvalue weighted by Crippen LogP contribution is -2.21. The predicted octanol–water partition coefficient (Wildman–Crippen LogP) is 3.78. The van der Waals surface area contributed by atoms with E-state index >= 15 is 0 Å². The molecule has 1 aromatic heterocycles. The van der Waals surface area contributed by atoms with Gasteiger partial charge in [-0.2, -0.15) is 0 Å². The molecule has 90 valence electrons. The van der Waals surface area contributed by atoms with Gasteiger partial charge in [-0.3, -0.25) is 0 Å². The molecule has 1 fully saturated rings. The van der Waals surface area contributed by atoms with Crippen LogP contribution in [-0.2, 0) is 0 Å². The van der Waals surface area contributed by atoms with Crippen molar-refractivity contribution in [3.63, 3.8) is 0 Å². The molecule has 0 amide bonds. The van der Waals surface area contributed by atoms with Gasteiger partial charge in [0.2, 0.25) is 5.13 Å². The van der Waals surface area contributed by atoms with Crippen molar-refractivity contribution in [2.24, 2.45) is 0 Å². The van der Waals surface area contributed by atoms with Crippen LogP contribution in [0, 0.1) is 0 Å². The summed E-state index contributed by atoms with van der Waals surface area (Å²) in [6.07, 6.45) is 7.87. The molecule has 0 aromatic carbocycles. The normalized spacial score (nSPS) is 17.6. The van der Waals surface area contributed by atoms with Gasteiger partial charge in [-0.1, -0.05) is 49.3 Å². The van der Waals surface area contributed by atoms with E-state index in [-0.39, 0.29) is 0 Å². The van der Waals surface area contributed by atoms with Crippen LogP contribution in [0.15, 0.2) is 4.34 Å². The molecule has 0 atom stereocenters. The smallest absolute Gasteiger partial charge is 0.206 e. The largest absolute Gasteiger partial charge is 0.357 e. The Morgan fingerprint density at radius 1 is 1.31 bits per heavy atom. The SMILES string of the molecule is CCCSc1nnc(NC2CCCCC2)s1. The molecule has 0 bridgehead atoms. The van der Waals surface area contributed by atoms with Crippen LogP contribution in [0.2, 0.25) is 0 Å². The number of nitrogens with zero attached hydrogens (tertiary/aromatic N) is 2. The van der Waals surface area contributed by atoms with Crippen molar-refractivity contribution in [3.8, 4) is 0 Å². The maximum Gasteiger partial charge on any atom is 0.206 e. The highest BCUT2D eigenvalue weighted by atomic mass is 32.2. The van der Waals surface area contributed by atoms with Crippen LogP contribution in [0.25, 0.3) is 0 Å². The first-order chi connectivity index (χ1) is 7.88. The van der Waals surface area contributed by atoms with Crippen molar-refractivity contribution in [1.82, 2.24) is 10.2 Å². The molecule has 1 heterocycles. The van der Waals surface area contributed by atoms with E-state index in [1.54, 1.807) is 11.3 Å². The third-order valence-corrected chi connectivity index (χ3v) is 4.96. The lowest BCUT2D eigenvalue weighted by atomic mass is 9.96. The van der Waals surface area contributed by atoms with Crippen LogP contribution in [0.4, 0.5) is 5.13 Å². The van der Waals surface area contributed by atoms with Gasteiger partial charge in [-0.25, -0.2) is 0 Å². The average Bonchev–Trinajstić information content (AvgIpc) is 2.75. The van der Waals surface area contributed by atoms with Crippen molar-refractivity contribution in [2.75, 3.05) is 11.1 Å². The molecule has 0 radical (unpaired) electrons. The molecule has 2 rings (SSSR count). The molecular weight excluding hydrogens is 238 g/mol. The number of nitrogens with one attached hydrogen (secondary N) is 1. The summed E-state index contributed by atoms with van der Waals surface area (Å²) in [6, 6.07) is 0.630. The fraction of sp³-hybridized carbons (Fsp3) is 0.818. The minimum Gasteiger partial charge on any atom is -0.357 e. The fourth-order valence-electron chi connectivity index (χ4n) is 1.94. The third kappa shape index (κ3) is 3.63. The molecule has 3 nitrogen and oxygen atoms in total. The summed E-state index contributed by atoms with van der Waals surface area (Å²) in [7, 11) is 0. The molecule has 1 saturated carbocycles. The Morgan fingerprint density at radius 2 is 2.12 bits per heavy atom. The van der Waals surface area contributed by atoms with Crippen LogP contribution < -0.4 is 5.32 Å². The number of hydrogen-bond donors (Lipinski definition) is 1. The number of hydrogen-bond acceptors (Lipinski definition) is 5. The molecule has 5 heteroatoms. The lowest BCUT2D eigenvalue weighted by molar-refractivity contribution is 0.462. The van der Waals surface area contributed by atoms with Gasteiger partial charge >= 0.3 is 0 Å². The van der Waals surface area contributed by atoms with E-state index in [0.717, 1.165) is 15.2 Å². The maximum atomic E-state index is 4.20. The zero-order valence-electron chi connectivity index (χ0n) is 9.74. The monoisotopic (exact) mass is 257 g/mol. The van der Waals surface area contributed by atoms with E-state index in [9.17, 15) is 0 Å². The summed E-state index contributed by atoms with van der Waals surface area (Å²) in [5, 5.41) is 12.9. The van der Waals surface area contributed by atoms with Gasteiger partial charge in [0.1, 0.15) is 0 Å².